The summed E-state index contributed by atoms with van der Waals surface area (Å²) >= 11 is 1.47. The lowest BCUT2D eigenvalue weighted by Gasteiger charge is -2.45. The van der Waals surface area contributed by atoms with Gasteiger partial charge in [-0.05, 0) is 68.6 Å². The number of pyridine rings is 1. The molecule has 4 aliphatic rings. The molecule has 1 aliphatic carbocycles. The van der Waals surface area contributed by atoms with E-state index in [2.05, 4.69) is 32.8 Å². The molecule has 6 rings (SSSR count). The van der Waals surface area contributed by atoms with E-state index < -0.39 is 0 Å². The van der Waals surface area contributed by atoms with Crippen molar-refractivity contribution in [1.29, 1.82) is 0 Å². The van der Waals surface area contributed by atoms with Gasteiger partial charge in [-0.2, -0.15) is 0 Å². The van der Waals surface area contributed by atoms with E-state index in [1.165, 1.54) is 17.8 Å². The van der Waals surface area contributed by atoms with Gasteiger partial charge in [0, 0.05) is 41.6 Å². The molecule has 2 aromatic rings. The molecule has 2 saturated heterocycles. The molecule has 0 spiro atoms. The van der Waals surface area contributed by atoms with Gasteiger partial charge in [0.15, 0.2) is 0 Å². The minimum Gasteiger partial charge on any atom is -0.439 e. The molecule has 4 N–H and O–H groups in total. The van der Waals surface area contributed by atoms with Crippen LogP contribution in [0.3, 0.4) is 0 Å². The van der Waals surface area contributed by atoms with E-state index in [1.54, 1.807) is 17.2 Å². The Hall–Kier alpha value is -3.83. The molecule has 0 radical (unpaired) electrons. The lowest BCUT2D eigenvalue weighted by Crippen LogP contribution is -2.62. The van der Waals surface area contributed by atoms with Crippen LogP contribution in [0.25, 0.3) is 0 Å². The molecule has 1 aromatic carbocycles. The number of hydrogen-bond donors (Lipinski definition) is 4. The number of amides is 4. The van der Waals surface area contributed by atoms with Crippen molar-refractivity contribution in [3.63, 3.8) is 0 Å². The lowest BCUT2D eigenvalue weighted by atomic mass is 9.86. The summed E-state index contributed by atoms with van der Waals surface area (Å²) in [7, 11) is 0. The Morgan fingerprint density at radius 1 is 1.10 bits per heavy atom. The van der Waals surface area contributed by atoms with E-state index in [4.69, 9.17) is 4.74 Å². The summed E-state index contributed by atoms with van der Waals surface area (Å²) in [6.07, 6.45) is 6.18. The minimum absolute atomic E-state index is 0.0193. The first kappa shape index (κ1) is 25.4. The first-order valence-corrected chi connectivity index (χ1v) is 14.1. The highest BCUT2D eigenvalue weighted by molar-refractivity contribution is 8.04. The predicted molar refractivity (Wildman–Crippen MR) is 148 cm³/mol. The summed E-state index contributed by atoms with van der Waals surface area (Å²) in [5.41, 5.74) is 1.45. The van der Waals surface area contributed by atoms with Crippen molar-refractivity contribution in [3.8, 4) is 11.6 Å². The lowest BCUT2D eigenvalue weighted by molar-refractivity contribution is -0.119. The molecule has 1 aromatic heterocycles. The maximum atomic E-state index is 13.5. The van der Waals surface area contributed by atoms with Gasteiger partial charge in [-0.15, -0.1) is 0 Å². The molecule has 11 heteroatoms. The molecule has 1 saturated carbocycles. The van der Waals surface area contributed by atoms with Crippen LogP contribution in [0.1, 0.15) is 25.7 Å². The Labute approximate surface area is 230 Å². The average molecular weight is 547 g/mol. The highest BCUT2D eigenvalue weighted by atomic mass is 32.2. The first-order valence-electron chi connectivity index (χ1n) is 13.2. The number of nitrogens with one attached hydrogen (secondary N) is 4. The van der Waals surface area contributed by atoms with Crippen molar-refractivity contribution in [2.45, 2.75) is 49.2 Å². The number of anilines is 1. The number of aromatic nitrogens is 1. The summed E-state index contributed by atoms with van der Waals surface area (Å²) in [6.45, 7) is 4.25. The zero-order valence-corrected chi connectivity index (χ0v) is 22.1. The molecule has 5 atom stereocenters. The topological polar surface area (TPSA) is 125 Å². The Balaban J connectivity index is 1.20. The number of nitrogens with zero attached hydrogens (tertiary/aromatic N) is 2. The van der Waals surface area contributed by atoms with Gasteiger partial charge in [-0.25, -0.2) is 9.78 Å². The van der Waals surface area contributed by atoms with Crippen LogP contribution in [0.5, 0.6) is 11.6 Å². The summed E-state index contributed by atoms with van der Waals surface area (Å²) < 4.78 is 5.80. The summed E-state index contributed by atoms with van der Waals surface area (Å²) in [5.74, 6) is 0.625. The maximum absolute atomic E-state index is 13.5. The standard InChI is InChI=1S/C28H30N6O4S/c1-2-21(35)31-18-6-5-7-19(18)32-26(36)25-24-23-20(13-15-30-27(23)39-25)34(28(37)33-24)16-9-11-17(12-10-16)38-22-8-3-4-14-29-22/h2-4,8-12,14,18-20,23,27,30H,1,5-7,13,15H2,(H,31,35)(H,32,36)(H,33,37)/t18-,19+,20?,23?,27?/m0/s1. The molecule has 3 fully saturated rings. The molecule has 39 heavy (non-hydrogen) atoms. The van der Waals surface area contributed by atoms with Crippen molar-refractivity contribution < 1.29 is 19.1 Å². The van der Waals surface area contributed by atoms with Gasteiger partial charge in [0.25, 0.3) is 5.91 Å². The zero-order chi connectivity index (χ0) is 26.9. The second-order valence-electron chi connectivity index (χ2n) is 10.0. The normalized spacial score (nSPS) is 27.4. The van der Waals surface area contributed by atoms with Crippen LogP contribution < -0.4 is 30.9 Å². The van der Waals surface area contributed by atoms with Crippen molar-refractivity contribution in [2.24, 2.45) is 5.92 Å². The number of piperidine rings is 1. The third-order valence-electron chi connectivity index (χ3n) is 7.67. The first-order chi connectivity index (χ1) is 19.0. The summed E-state index contributed by atoms with van der Waals surface area (Å²) in [6, 6.07) is 12.2. The molecular weight excluding hydrogens is 516 g/mol. The van der Waals surface area contributed by atoms with Gasteiger partial charge in [-0.3, -0.25) is 14.5 Å². The predicted octanol–water partition coefficient (Wildman–Crippen LogP) is 3.01. The van der Waals surface area contributed by atoms with E-state index in [-0.39, 0.29) is 47.3 Å². The van der Waals surface area contributed by atoms with Crippen LogP contribution in [-0.2, 0) is 9.59 Å². The molecule has 3 aliphatic heterocycles. The van der Waals surface area contributed by atoms with Gasteiger partial charge in [0.2, 0.25) is 11.8 Å². The van der Waals surface area contributed by atoms with Crippen LogP contribution >= 0.6 is 11.8 Å². The summed E-state index contributed by atoms with van der Waals surface area (Å²) in [4.78, 5) is 45.3. The Kier molecular flexibility index (Phi) is 7.01. The monoisotopic (exact) mass is 546 g/mol. The fourth-order valence-electron chi connectivity index (χ4n) is 5.91. The van der Waals surface area contributed by atoms with E-state index in [9.17, 15) is 14.4 Å². The van der Waals surface area contributed by atoms with Crippen molar-refractivity contribution >= 4 is 35.3 Å². The van der Waals surface area contributed by atoms with Crippen LogP contribution in [-0.4, -0.2) is 52.9 Å². The minimum atomic E-state index is -0.255. The van der Waals surface area contributed by atoms with Gasteiger partial charge in [0.05, 0.1) is 16.3 Å². The molecule has 202 valence electrons. The van der Waals surface area contributed by atoms with Gasteiger partial charge >= 0.3 is 6.03 Å². The number of rotatable bonds is 7. The van der Waals surface area contributed by atoms with Crippen LogP contribution in [0.2, 0.25) is 0 Å². The van der Waals surface area contributed by atoms with E-state index in [0.717, 1.165) is 37.9 Å². The van der Waals surface area contributed by atoms with E-state index >= 15 is 0 Å². The third-order valence-corrected chi connectivity index (χ3v) is 9.02. The number of urea groups is 1. The van der Waals surface area contributed by atoms with E-state index in [1.807, 2.05) is 36.4 Å². The average Bonchev–Trinajstić information content (AvgIpc) is 3.54. The molecule has 4 amide bonds. The fraction of sp³-hybridized carbons (Fsp3) is 0.357. The van der Waals surface area contributed by atoms with Crippen molar-refractivity contribution in [2.75, 3.05) is 11.4 Å². The largest absolute Gasteiger partial charge is 0.439 e. The maximum Gasteiger partial charge on any atom is 0.326 e. The second kappa shape index (κ2) is 10.7. The zero-order valence-electron chi connectivity index (χ0n) is 21.3. The van der Waals surface area contributed by atoms with Crippen LogP contribution in [0.15, 0.2) is 71.9 Å². The second-order valence-corrected chi connectivity index (χ2v) is 11.2. The Morgan fingerprint density at radius 3 is 2.64 bits per heavy atom. The number of benzene rings is 1. The molecular formula is C28H30N6O4S. The fourth-order valence-corrected chi connectivity index (χ4v) is 7.31. The number of thioether (sulfide) groups is 1. The number of carbonyl (C=O) groups excluding carboxylic acids is 3. The molecule has 0 bridgehead atoms. The Bertz CT molecular complexity index is 1320. The Morgan fingerprint density at radius 2 is 1.90 bits per heavy atom. The highest BCUT2D eigenvalue weighted by Crippen LogP contribution is 2.48. The van der Waals surface area contributed by atoms with Gasteiger partial charge < -0.3 is 26.0 Å². The number of ether oxygens (including phenoxy) is 1. The van der Waals surface area contributed by atoms with Crippen LogP contribution in [0, 0.1) is 5.92 Å². The number of carbonyl (C=O) groups is 3. The molecule has 10 nitrogen and oxygen atoms in total. The van der Waals surface area contributed by atoms with Gasteiger partial charge in [-0.1, -0.05) is 24.4 Å². The van der Waals surface area contributed by atoms with Crippen molar-refractivity contribution in [1.82, 2.24) is 26.3 Å². The smallest absolute Gasteiger partial charge is 0.326 e. The van der Waals surface area contributed by atoms with Gasteiger partial charge in [0.1, 0.15) is 5.75 Å². The third kappa shape index (κ3) is 4.99. The van der Waals surface area contributed by atoms with Crippen LogP contribution in [0.4, 0.5) is 10.5 Å². The molecule has 3 unspecified atom stereocenters. The summed E-state index contributed by atoms with van der Waals surface area (Å²) in [5, 5.41) is 12.6. The number of hydrogen-bond acceptors (Lipinski definition) is 7. The SMILES string of the molecule is C=CC(=O)N[C@H]1CCC[C@H]1NC(=O)C1=C2NC(=O)N(c3ccc(Oc4ccccn4)cc3)C3CCNC(S1)C23. The quantitative estimate of drug-likeness (QED) is 0.394. The van der Waals surface area contributed by atoms with Crippen molar-refractivity contribution in [3.05, 3.63) is 71.9 Å². The van der Waals surface area contributed by atoms with E-state index in [0.29, 0.717) is 22.2 Å². The highest BCUT2D eigenvalue weighted by Gasteiger charge is 2.52. The molecule has 4 heterocycles.